The van der Waals surface area contributed by atoms with Crippen LogP contribution in [0.2, 0.25) is 0 Å². The average molecular weight is 285 g/mol. The van der Waals surface area contributed by atoms with Gasteiger partial charge in [-0.15, -0.1) is 0 Å². The Kier molecular flexibility index (Phi) is 4.00. The van der Waals surface area contributed by atoms with Gasteiger partial charge in [-0.1, -0.05) is 25.0 Å². The summed E-state index contributed by atoms with van der Waals surface area (Å²) < 4.78 is 0. The Labute approximate surface area is 126 Å². The smallest absolute Gasteiger partial charge is 0.328 e. The van der Waals surface area contributed by atoms with Gasteiger partial charge in [0, 0.05) is 24.9 Å². The lowest BCUT2D eigenvalue weighted by atomic mass is 9.77. The average Bonchev–Trinajstić information content (AvgIpc) is 2.95. The number of benzene rings is 1. The van der Waals surface area contributed by atoms with E-state index in [4.69, 9.17) is 5.11 Å². The molecular formula is C18H23NO2. The van der Waals surface area contributed by atoms with Crippen molar-refractivity contribution in [1.29, 1.82) is 0 Å². The fourth-order valence-electron chi connectivity index (χ4n) is 3.83. The van der Waals surface area contributed by atoms with E-state index < -0.39 is 5.97 Å². The van der Waals surface area contributed by atoms with Gasteiger partial charge in [0.1, 0.15) is 0 Å². The van der Waals surface area contributed by atoms with E-state index in [-0.39, 0.29) is 0 Å². The van der Waals surface area contributed by atoms with E-state index in [9.17, 15) is 4.79 Å². The second-order valence-electron chi connectivity index (χ2n) is 6.46. The van der Waals surface area contributed by atoms with Gasteiger partial charge in [-0.05, 0) is 54.9 Å². The van der Waals surface area contributed by atoms with Crippen LogP contribution >= 0.6 is 0 Å². The van der Waals surface area contributed by atoms with Crippen LogP contribution in [0.3, 0.4) is 0 Å². The minimum Gasteiger partial charge on any atom is -0.478 e. The largest absolute Gasteiger partial charge is 0.478 e. The molecule has 21 heavy (non-hydrogen) atoms. The van der Waals surface area contributed by atoms with Gasteiger partial charge in [-0.2, -0.15) is 0 Å². The van der Waals surface area contributed by atoms with Gasteiger partial charge in [0.2, 0.25) is 0 Å². The van der Waals surface area contributed by atoms with E-state index in [1.54, 1.807) is 6.08 Å². The standard InChI is InChI=1S/C18H23NO2/c20-17(21)8-5-15-3-6-16(7-4-15)19-13-11-18(12-14-19)9-1-2-10-18/h3-8H,1-2,9-14H2,(H,20,21). The molecule has 0 unspecified atom stereocenters. The van der Waals surface area contributed by atoms with Crippen molar-refractivity contribution in [3.8, 4) is 0 Å². The number of hydrogen-bond acceptors (Lipinski definition) is 2. The number of carbonyl (C=O) groups is 1. The Hall–Kier alpha value is -1.77. The fourth-order valence-corrected chi connectivity index (χ4v) is 3.83. The van der Waals surface area contributed by atoms with Crippen molar-refractivity contribution >= 4 is 17.7 Å². The second-order valence-corrected chi connectivity index (χ2v) is 6.46. The monoisotopic (exact) mass is 285 g/mol. The molecule has 1 saturated carbocycles. The van der Waals surface area contributed by atoms with Crippen LogP contribution in [-0.2, 0) is 4.79 Å². The lowest BCUT2D eigenvalue weighted by Crippen LogP contribution is -2.38. The molecule has 2 aliphatic rings. The fraction of sp³-hybridized carbons (Fsp3) is 0.500. The van der Waals surface area contributed by atoms with Crippen molar-refractivity contribution in [2.45, 2.75) is 38.5 Å². The van der Waals surface area contributed by atoms with Gasteiger partial charge in [0.15, 0.2) is 0 Å². The maximum Gasteiger partial charge on any atom is 0.328 e. The van der Waals surface area contributed by atoms with Crippen LogP contribution in [0.15, 0.2) is 30.3 Å². The third-order valence-corrected chi connectivity index (χ3v) is 5.16. The van der Waals surface area contributed by atoms with E-state index in [0.717, 1.165) is 18.7 Å². The maximum absolute atomic E-state index is 10.5. The number of rotatable bonds is 3. The van der Waals surface area contributed by atoms with Crippen molar-refractivity contribution in [3.05, 3.63) is 35.9 Å². The lowest BCUT2D eigenvalue weighted by Gasteiger charge is -2.40. The van der Waals surface area contributed by atoms with Crippen LogP contribution in [0.4, 0.5) is 5.69 Å². The third kappa shape index (κ3) is 3.29. The van der Waals surface area contributed by atoms with E-state index >= 15 is 0 Å². The highest BCUT2D eigenvalue weighted by Gasteiger charge is 2.36. The Bertz CT molecular complexity index is 517. The molecular weight excluding hydrogens is 262 g/mol. The first kappa shape index (κ1) is 14.2. The molecule has 1 N–H and O–H groups in total. The summed E-state index contributed by atoms with van der Waals surface area (Å²) in [6.45, 7) is 2.31. The molecule has 1 saturated heterocycles. The van der Waals surface area contributed by atoms with E-state index in [1.165, 1.54) is 50.3 Å². The van der Waals surface area contributed by atoms with Gasteiger partial charge in [0.25, 0.3) is 0 Å². The predicted octanol–water partition coefficient (Wildman–Crippen LogP) is 3.95. The van der Waals surface area contributed by atoms with Crippen LogP contribution < -0.4 is 4.90 Å². The molecule has 1 spiro atoms. The number of anilines is 1. The van der Waals surface area contributed by atoms with Crippen molar-refractivity contribution in [2.75, 3.05) is 18.0 Å². The van der Waals surface area contributed by atoms with E-state index in [1.807, 2.05) is 12.1 Å². The summed E-state index contributed by atoms with van der Waals surface area (Å²) in [4.78, 5) is 13.0. The summed E-state index contributed by atoms with van der Waals surface area (Å²) in [7, 11) is 0. The summed E-state index contributed by atoms with van der Waals surface area (Å²) in [6.07, 6.45) is 11.2. The molecule has 1 heterocycles. The molecule has 3 nitrogen and oxygen atoms in total. The van der Waals surface area contributed by atoms with Crippen LogP contribution in [0.25, 0.3) is 6.08 Å². The number of nitrogens with zero attached hydrogens (tertiary/aromatic N) is 1. The second kappa shape index (κ2) is 5.92. The summed E-state index contributed by atoms with van der Waals surface area (Å²) in [5.74, 6) is -0.906. The predicted molar refractivity (Wildman–Crippen MR) is 85.5 cm³/mol. The first-order valence-corrected chi connectivity index (χ1v) is 7.93. The minimum atomic E-state index is -0.906. The molecule has 1 aromatic rings. The Morgan fingerprint density at radius 2 is 1.67 bits per heavy atom. The molecule has 0 aromatic heterocycles. The zero-order chi connectivity index (χ0) is 14.7. The molecule has 112 valence electrons. The van der Waals surface area contributed by atoms with Crippen molar-refractivity contribution < 1.29 is 9.90 Å². The van der Waals surface area contributed by atoms with Crippen LogP contribution in [0.1, 0.15) is 44.1 Å². The number of aliphatic carboxylic acids is 1. The Balaban J connectivity index is 1.61. The summed E-state index contributed by atoms with van der Waals surface area (Å²) in [6, 6.07) is 8.20. The first-order valence-electron chi connectivity index (χ1n) is 7.93. The summed E-state index contributed by atoms with van der Waals surface area (Å²) in [5.41, 5.74) is 2.85. The van der Waals surface area contributed by atoms with Crippen LogP contribution in [-0.4, -0.2) is 24.2 Å². The topological polar surface area (TPSA) is 40.5 Å². The molecule has 0 radical (unpaired) electrons. The van der Waals surface area contributed by atoms with Gasteiger partial charge in [-0.25, -0.2) is 4.79 Å². The number of carboxylic acid groups (broad SMARTS) is 1. The highest BCUT2D eigenvalue weighted by atomic mass is 16.4. The normalized spacial score (nSPS) is 21.2. The number of hydrogen-bond donors (Lipinski definition) is 1. The molecule has 0 atom stereocenters. The quantitative estimate of drug-likeness (QED) is 0.855. The van der Waals surface area contributed by atoms with Gasteiger partial charge < -0.3 is 10.0 Å². The van der Waals surface area contributed by atoms with Gasteiger partial charge >= 0.3 is 5.97 Å². The third-order valence-electron chi connectivity index (χ3n) is 5.16. The molecule has 2 fully saturated rings. The highest BCUT2D eigenvalue weighted by molar-refractivity contribution is 5.85. The molecule has 0 bridgehead atoms. The summed E-state index contributed by atoms with van der Waals surface area (Å²) in [5, 5.41) is 8.64. The van der Waals surface area contributed by atoms with Crippen LogP contribution in [0, 0.1) is 5.41 Å². The van der Waals surface area contributed by atoms with E-state index in [2.05, 4.69) is 17.0 Å². The molecule has 1 aromatic carbocycles. The first-order chi connectivity index (χ1) is 10.2. The SMILES string of the molecule is O=C(O)C=Cc1ccc(N2CCC3(CCCC3)CC2)cc1. The Morgan fingerprint density at radius 3 is 2.24 bits per heavy atom. The highest BCUT2D eigenvalue weighted by Crippen LogP contribution is 2.46. The van der Waals surface area contributed by atoms with Crippen LogP contribution in [0.5, 0.6) is 0 Å². The molecule has 1 aliphatic carbocycles. The van der Waals surface area contributed by atoms with E-state index in [0.29, 0.717) is 5.41 Å². The van der Waals surface area contributed by atoms with Gasteiger partial charge in [-0.3, -0.25) is 0 Å². The molecule has 1 aliphatic heterocycles. The van der Waals surface area contributed by atoms with Crippen molar-refractivity contribution in [1.82, 2.24) is 0 Å². The van der Waals surface area contributed by atoms with Crippen molar-refractivity contribution in [3.63, 3.8) is 0 Å². The Morgan fingerprint density at radius 1 is 1.05 bits per heavy atom. The number of carboxylic acids is 1. The molecule has 3 rings (SSSR count). The van der Waals surface area contributed by atoms with Gasteiger partial charge in [0.05, 0.1) is 0 Å². The molecule has 3 heteroatoms. The minimum absolute atomic E-state index is 0.653. The zero-order valence-corrected chi connectivity index (χ0v) is 12.4. The maximum atomic E-state index is 10.5. The zero-order valence-electron chi connectivity index (χ0n) is 12.4. The lowest BCUT2D eigenvalue weighted by molar-refractivity contribution is -0.131. The van der Waals surface area contributed by atoms with Crippen molar-refractivity contribution in [2.24, 2.45) is 5.41 Å². The molecule has 0 amide bonds. The number of piperidine rings is 1. The summed E-state index contributed by atoms with van der Waals surface area (Å²) >= 11 is 0.